The maximum atomic E-state index is 13.4. The lowest BCUT2D eigenvalue weighted by Gasteiger charge is -2.46. The molecule has 0 spiro atoms. The molecule has 2 saturated heterocycles. The molecule has 0 aromatic carbocycles. The van der Waals surface area contributed by atoms with Crippen molar-refractivity contribution in [2.45, 2.75) is 460 Å². The Bertz CT molecular complexity index is 1590. The number of hydrogen-bond donors (Lipinski definition) is 9. The summed E-state index contributed by atoms with van der Waals surface area (Å²) in [6.07, 6.45) is 62.5. The van der Waals surface area contributed by atoms with Gasteiger partial charge >= 0.3 is 0 Å². The standard InChI is InChI=1S/C78H151NO13/c1-3-5-7-9-11-13-15-17-19-21-23-25-27-29-30-31-32-33-34-35-36-38-39-41-43-45-47-49-51-53-55-57-59-61-67(82)66(65-89-77-75(88)73(86)76(69(64-81)91-77)92-78-74(87)72(85)71(84)68(63-80)90-78)79-70(83)62-60-58-56-54-52-50-48-46-44-42-40-37-28-26-24-22-20-18-16-14-12-10-8-6-4-2/h22,24,66-69,71-78,80-82,84-88H,3-21,23,25-65H2,1-2H3,(H,79,83)/b24-22-. The second kappa shape index (κ2) is 63.2. The van der Waals surface area contributed by atoms with Crippen molar-refractivity contribution in [1.82, 2.24) is 5.32 Å². The van der Waals surface area contributed by atoms with Gasteiger partial charge in [-0.25, -0.2) is 0 Å². The average molecular weight is 1310 g/mol. The van der Waals surface area contributed by atoms with Gasteiger partial charge in [0.25, 0.3) is 0 Å². The van der Waals surface area contributed by atoms with Gasteiger partial charge in [-0.2, -0.15) is 0 Å². The Morgan fingerprint density at radius 1 is 0.380 bits per heavy atom. The fourth-order valence-corrected chi connectivity index (χ4v) is 13.7. The topological polar surface area (TPSA) is 228 Å². The summed E-state index contributed by atoms with van der Waals surface area (Å²) >= 11 is 0. The molecule has 2 aliphatic rings. The zero-order chi connectivity index (χ0) is 66.6. The van der Waals surface area contributed by atoms with Crippen LogP contribution in [-0.4, -0.2) is 140 Å². The summed E-state index contributed by atoms with van der Waals surface area (Å²) in [5.74, 6) is -0.198. The van der Waals surface area contributed by atoms with Crippen LogP contribution in [0.4, 0.5) is 0 Å². The van der Waals surface area contributed by atoms with Crippen LogP contribution in [0.25, 0.3) is 0 Å². The van der Waals surface area contributed by atoms with Crippen molar-refractivity contribution in [1.29, 1.82) is 0 Å². The van der Waals surface area contributed by atoms with E-state index in [0.717, 1.165) is 51.4 Å². The van der Waals surface area contributed by atoms with Crippen LogP contribution in [0.5, 0.6) is 0 Å². The minimum atomic E-state index is -1.78. The Hall–Kier alpha value is -1.27. The summed E-state index contributed by atoms with van der Waals surface area (Å²) in [6, 6.07) is -0.828. The van der Waals surface area contributed by atoms with E-state index in [1.54, 1.807) is 0 Å². The zero-order valence-corrected chi connectivity index (χ0v) is 59.8. The molecule has 0 aromatic rings. The van der Waals surface area contributed by atoms with E-state index in [1.807, 2.05) is 0 Å². The lowest BCUT2D eigenvalue weighted by molar-refractivity contribution is -0.359. The molecular weight excluding hydrogens is 1160 g/mol. The molecule has 0 aliphatic carbocycles. The maximum Gasteiger partial charge on any atom is 0.220 e. The van der Waals surface area contributed by atoms with Gasteiger partial charge in [-0.1, -0.05) is 353 Å². The number of carbonyl (C=O) groups is 1. The second-order valence-corrected chi connectivity index (χ2v) is 28.6. The van der Waals surface area contributed by atoms with Crippen molar-refractivity contribution in [3.05, 3.63) is 12.2 Å². The molecule has 14 heteroatoms. The zero-order valence-electron chi connectivity index (χ0n) is 59.8. The molecule has 2 heterocycles. The van der Waals surface area contributed by atoms with E-state index in [2.05, 4.69) is 31.3 Å². The van der Waals surface area contributed by atoms with Crippen LogP contribution in [0.1, 0.15) is 386 Å². The van der Waals surface area contributed by atoms with Crippen LogP contribution >= 0.6 is 0 Å². The summed E-state index contributed by atoms with van der Waals surface area (Å²) in [6.45, 7) is 2.93. The number of allylic oxidation sites excluding steroid dienone is 2. The number of carbonyl (C=O) groups excluding carboxylic acids is 1. The molecule has 2 rings (SSSR count). The molecule has 546 valence electrons. The summed E-state index contributed by atoms with van der Waals surface area (Å²) in [4.78, 5) is 13.4. The highest BCUT2D eigenvalue weighted by Gasteiger charge is 2.51. The molecule has 0 bridgehead atoms. The summed E-state index contributed by atoms with van der Waals surface area (Å²) < 4.78 is 23.0. The van der Waals surface area contributed by atoms with Gasteiger partial charge in [0, 0.05) is 6.42 Å². The molecule has 0 saturated carbocycles. The van der Waals surface area contributed by atoms with Crippen molar-refractivity contribution in [2.75, 3.05) is 19.8 Å². The van der Waals surface area contributed by atoms with Gasteiger partial charge in [0.1, 0.15) is 48.8 Å². The van der Waals surface area contributed by atoms with Gasteiger partial charge in [-0.3, -0.25) is 4.79 Å². The molecule has 9 N–H and O–H groups in total. The van der Waals surface area contributed by atoms with Crippen LogP contribution in [0.3, 0.4) is 0 Å². The van der Waals surface area contributed by atoms with Crippen molar-refractivity contribution in [3.8, 4) is 0 Å². The lowest BCUT2D eigenvalue weighted by atomic mass is 9.97. The molecule has 0 aromatic heterocycles. The van der Waals surface area contributed by atoms with Gasteiger partial charge in [-0.05, 0) is 38.5 Å². The molecular formula is C78H151NO13. The molecule has 14 nitrogen and oxygen atoms in total. The van der Waals surface area contributed by atoms with Crippen LogP contribution in [0, 0.1) is 0 Å². The van der Waals surface area contributed by atoms with E-state index in [0.29, 0.717) is 12.8 Å². The molecule has 12 unspecified atom stereocenters. The van der Waals surface area contributed by atoms with Crippen molar-refractivity contribution in [3.63, 3.8) is 0 Å². The summed E-state index contributed by atoms with van der Waals surface area (Å²) in [5.41, 5.74) is 0. The van der Waals surface area contributed by atoms with E-state index in [4.69, 9.17) is 18.9 Å². The number of ether oxygens (including phenoxy) is 4. The molecule has 12 atom stereocenters. The fraction of sp³-hybridized carbons (Fsp3) is 0.962. The summed E-state index contributed by atoms with van der Waals surface area (Å²) in [7, 11) is 0. The van der Waals surface area contributed by atoms with E-state index in [-0.39, 0.29) is 12.5 Å². The first kappa shape index (κ1) is 86.8. The molecule has 92 heavy (non-hydrogen) atoms. The first-order valence-corrected chi connectivity index (χ1v) is 39.9. The SMILES string of the molecule is CCCCCCCCCC/C=C\CCCCCCCCCCCCCCCC(=O)NC(COC1OC(CO)C(OC2OC(CO)C(O)C(O)C2O)C(O)C1O)C(O)CCCCCCCCCCCCCCCCCCCCCCCCCCCCCCCCCCC. The predicted molar refractivity (Wildman–Crippen MR) is 379 cm³/mol. The second-order valence-electron chi connectivity index (χ2n) is 28.6. The first-order valence-electron chi connectivity index (χ1n) is 39.9. The molecule has 1 amide bonds. The highest BCUT2D eigenvalue weighted by molar-refractivity contribution is 5.76. The highest BCUT2D eigenvalue weighted by Crippen LogP contribution is 2.30. The van der Waals surface area contributed by atoms with Crippen LogP contribution in [0.2, 0.25) is 0 Å². The number of aliphatic hydroxyl groups is 8. The maximum absolute atomic E-state index is 13.4. The average Bonchev–Trinajstić information content (AvgIpc) is 0.865. The molecule has 2 aliphatic heterocycles. The Morgan fingerprint density at radius 2 is 0.685 bits per heavy atom. The third-order valence-corrected chi connectivity index (χ3v) is 20.0. The Labute approximate surface area is 565 Å². The van der Waals surface area contributed by atoms with Crippen LogP contribution < -0.4 is 5.32 Å². The lowest BCUT2D eigenvalue weighted by Crippen LogP contribution is -2.65. The van der Waals surface area contributed by atoms with E-state index in [1.165, 1.54) is 308 Å². The Kier molecular flexibility index (Phi) is 59.6. The number of rotatable bonds is 68. The molecule has 0 radical (unpaired) electrons. The van der Waals surface area contributed by atoms with E-state index < -0.39 is 86.8 Å². The van der Waals surface area contributed by atoms with Crippen molar-refractivity contribution < 1.29 is 64.6 Å². The number of hydrogen-bond acceptors (Lipinski definition) is 13. The van der Waals surface area contributed by atoms with Gasteiger partial charge in [0.05, 0.1) is 32.0 Å². The fourth-order valence-electron chi connectivity index (χ4n) is 13.7. The smallest absolute Gasteiger partial charge is 0.220 e. The number of unbranched alkanes of at least 4 members (excludes halogenated alkanes) is 53. The van der Waals surface area contributed by atoms with Gasteiger partial charge < -0.3 is 65.1 Å². The summed E-state index contributed by atoms with van der Waals surface area (Å²) in [5, 5.41) is 87.8. The van der Waals surface area contributed by atoms with Gasteiger partial charge in [0.15, 0.2) is 12.6 Å². The Morgan fingerprint density at radius 3 is 1.03 bits per heavy atom. The largest absolute Gasteiger partial charge is 0.394 e. The minimum absolute atomic E-state index is 0.198. The quantitative estimate of drug-likeness (QED) is 0.0204. The first-order chi connectivity index (χ1) is 45.1. The molecule has 2 fully saturated rings. The van der Waals surface area contributed by atoms with Crippen LogP contribution in [-0.2, 0) is 23.7 Å². The Balaban J connectivity index is 1.60. The van der Waals surface area contributed by atoms with Gasteiger partial charge in [-0.15, -0.1) is 0 Å². The number of nitrogens with one attached hydrogen (secondary N) is 1. The van der Waals surface area contributed by atoms with E-state index in [9.17, 15) is 45.6 Å². The third-order valence-electron chi connectivity index (χ3n) is 20.0. The number of aliphatic hydroxyl groups excluding tert-OH is 8. The number of amides is 1. The van der Waals surface area contributed by atoms with Crippen molar-refractivity contribution in [2.24, 2.45) is 0 Å². The van der Waals surface area contributed by atoms with Crippen molar-refractivity contribution >= 4 is 5.91 Å². The monoisotopic (exact) mass is 1310 g/mol. The normalized spacial score (nSPS) is 22.6. The third kappa shape index (κ3) is 46.1. The van der Waals surface area contributed by atoms with Crippen LogP contribution in [0.15, 0.2) is 12.2 Å². The minimum Gasteiger partial charge on any atom is -0.394 e. The highest BCUT2D eigenvalue weighted by atomic mass is 16.7. The van der Waals surface area contributed by atoms with Gasteiger partial charge in [0.2, 0.25) is 5.91 Å². The predicted octanol–water partition coefficient (Wildman–Crippen LogP) is 17.7. The van der Waals surface area contributed by atoms with E-state index >= 15 is 0 Å².